The Kier molecular flexibility index (Phi) is 4.37. The SMILES string of the molecule is CC(O)(CNCC(F)(F)CO)C(=O)O. The van der Waals surface area contributed by atoms with Crippen LogP contribution in [-0.2, 0) is 4.79 Å². The first kappa shape index (κ1) is 13.2. The van der Waals surface area contributed by atoms with Crippen molar-refractivity contribution < 1.29 is 28.9 Å². The molecule has 84 valence electrons. The summed E-state index contributed by atoms with van der Waals surface area (Å²) in [6.07, 6.45) is 0. The third-order valence-corrected chi connectivity index (χ3v) is 1.54. The summed E-state index contributed by atoms with van der Waals surface area (Å²) < 4.78 is 24.8. The van der Waals surface area contributed by atoms with Gasteiger partial charge in [0, 0.05) is 6.54 Å². The Morgan fingerprint density at radius 1 is 1.43 bits per heavy atom. The second kappa shape index (κ2) is 4.63. The standard InChI is InChI=1S/C7H13F2NO4/c1-6(14,5(12)13)2-10-3-7(8,9)4-11/h10-11,14H,2-4H2,1H3,(H,12,13). The van der Waals surface area contributed by atoms with E-state index in [-0.39, 0.29) is 0 Å². The van der Waals surface area contributed by atoms with Gasteiger partial charge in [0.2, 0.25) is 0 Å². The lowest BCUT2D eigenvalue weighted by molar-refractivity contribution is -0.156. The van der Waals surface area contributed by atoms with Crippen LogP contribution < -0.4 is 5.32 Å². The molecule has 1 atom stereocenters. The van der Waals surface area contributed by atoms with Crippen LogP contribution in [0.3, 0.4) is 0 Å². The van der Waals surface area contributed by atoms with Crippen molar-refractivity contribution in [3.05, 3.63) is 0 Å². The molecule has 0 fully saturated rings. The number of carboxylic acid groups (broad SMARTS) is 1. The summed E-state index contributed by atoms with van der Waals surface area (Å²) in [5.41, 5.74) is -2.09. The first-order valence-electron chi connectivity index (χ1n) is 3.86. The zero-order valence-corrected chi connectivity index (χ0v) is 7.63. The molecule has 0 bridgehead atoms. The van der Waals surface area contributed by atoms with Gasteiger partial charge in [-0.1, -0.05) is 0 Å². The van der Waals surface area contributed by atoms with Crippen LogP contribution in [0.5, 0.6) is 0 Å². The zero-order chi connectivity index (χ0) is 11.4. The van der Waals surface area contributed by atoms with Gasteiger partial charge in [-0.3, -0.25) is 0 Å². The van der Waals surface area contributed by atoms with Gasteiger partial charge in [0.15, 0.2) is 5.60 Å². The van der Waals surface area contributed by atoms with Crippen LogP contribution in [0.1, 0.15) is 6.92 Å². The quantitative estimate of drug-likeness (QED) is 0.456. The molecular formula is C7H13F2NO4. The van der Waals surface area contributed by atoms with Gasteiger partial charge in [0.05, 0.1) is 6.54 Å². The number of hydrogen-bond acceptors (Lipinski definition) is 4. The molecule has 0 saturated carbocycles. The minimum atomic E-state index is -3.31. The largest absolute Gasteiger partial charge is 0.479 e. The van der Waals surface area contributed by atoms with E-state index in [9.17, 15) is 13.6 Å². The van der Waals surface area contributed by atoms with Crippen LogP contribution in [0.2, 0.25) is 0 Å². The lowest BCUT2D eigenvalue weighted by Crippen LogP contribution is -2.48. The molecule has 0 radical (unpaired) electrons. The van der Waals surface area contributed by atoms with Crippen LogP contribution in [0.25, 0.3) is 0 Å². The lowest BCUT2D eigenvalue weighted by atomic mass is 10.1. The Hall–Kier alpha value is -0.790. The molecule has 14 heavy (non-hydrogen) atoms. The van der Waals surface area contributed by atoms with Gasteiger partial charge in [-0.05, 0) is 6.92 Å². The van der Waals surface area contributed by atoms with Gasteiger partial charge < -0.3 is 20.6 Å². The molecule has 0 aliphatic carbocycles. The smallest absolute Gasteiger partial charge is 0.336 e. The first-order chi connectivity index (χ1) is 6.21. The van der Waals surface area contributed by atoms with Crippen molar-refractivity contribution >= 4 is 5.97 Å². The number of halogens is 2. The number of hydrogen-bond donors (Lipinski definition) is 4. The van der Waals surface area contributed by atoms with Crippen LogP contribution in [0.4, 0.5) is 8.78 Å². The van der Waals surface area contributed by atoms with Gasteiger partial charge in [-0.2, -0.15) is 0 Å². The van der Waals surface area contributed by atoms with Crippen LogP contribution >= 0.6 is 0 Å². The number of alkyl halides is 2. The van der Waals surface area contributed by atoms with E-state index < -0.39 is 37.2 Å². The molecule has 0 aromatic heterocycles. The molecule has 0 aromatic rings. The van der Waals surface area contributed by atoms with Crippen molar-refractivity contribution in [1.82, 2.24) is 5.32 Å². The van der Waals surface area contributed by atoms with Gasteiger partial charge in [0.25, 0.3) is 5.92 Å². The van der Waals surface area contributed by atoms with Gasteiger partial charge in [-0.15, -0.1) is 0 Å². The molecular weight excluding hydrogens is 200 g/mol. The third-order valence-electron chi connectivity index (χ3n) is 1.54. The average Bonchev–Trinajstić information content (AvgIpc) is 2.03. The minimum absolute atomic E-state index is 0.516. The maximum Gasteiger partial charge on any atom is 0.336 e. The predicted molar refractivity (Wildman–Crippen MR) is 43.2 cm³/mol. The molecule has 0 spiro atoms. The van der Waals surface area contributed by atoms with Crippen molar-refractivity contribution in [1.29, 1.82) is 0 Å². The summed E-state index contributed by atoms with van der Waals surface area (Å²) in [6.45, 7) is -1.74. The molecule has 0 heterocycles. The summed E-state index contributed by atoms with van der Waals surface area (Å²) in [6, 6.07) is 0. The van der Waals surface area contributed by atoms with E-state index in [0.717, 1.165) is 6.92 Å². The number of rotatable bonds is 6. The molecule has 4 N–H and O–H groups in total. The molecule has 7 heteroatoms. The highest BCUT2D eigenvalue weighted by molar-refractivity contribution is 5.76. The molecule has 0 rings (SSSR count). The van der Waals surface area contributed by atoms with Gasteiger partial charge in [0.1, 0.15) is 6.61 Å². The predicted octanol–water partition coefficient (Wildman–Crippen LogP) is -0.961. The number of aliphatic hydroxyl groups excluding tert-OH is 1. The lowest BCUT2D eigenvalue weighted by Gasteiger charge is -2.20. The Morgan fingerprint density at radius 2 is 1.93 bits per heavy atom. The number of carboxylic acids is 1. The van der Waals surface area contributed by atoms with Crippen molar-refractivity contribution in [3.8, 4) is 0 Å². The van der Waals surface area contributed by atoms with Crippen LogP contribution in [0, 0.1) is 0 Å². The molecule has 0 aromatic carbocycles. The summed E-state index contributed by atoms with van der Waals surface area (Å²) in [7, 11) is 0. The van der Waals surface area contributed by atoms with E-state index in [1.807, 2.05) is 0 Å². The molecule has 0 amide bonds. The van der Waals surface area contributed by atoms with E-state index in [1.165, 1.54) is 0 Å². The van der Waals surface area contributed by atoms with E-state index in [0.29, 0.717) is 0 Å². The molecule has 0 aliphatic heterocycles. The van der Waals surface area contributed by atoms with Crippen molar-refractivity contribution in [2.45, 2.75) is 18.4 Å². The third kappa shape index (κ3) is 4.45. The van der Waals surface area contributed by atoms with E-state index in [4.69, 9.17) is 15.3 Å². The fraction of sp³-hybridized carbons (Fsp3) is 0.857. The number of carbonyl (C=O) groups is 1. The van der Waals surface area contributed by atoms with Gasteiger partial charge >= 0.3 is 5.97 Å². The van der Waals surface area contributed by atoms with Gasteiger partial charge in [-0.25, -0.2) is 13.6 Å². The summed E-state index contributed by atoms with van der Waals surface area (Å²) >= 11 is 0. The number of nitrogens with one attached hydrogen (secondary N) is 1. The molecule has 1 unspecified atom stereocenters. The zero-order valence-electron chi connectivity index (χ0n) is 7.63. The van der Waals surface area contributed by atoms with Crippen molar-refractivity contribution in [3.63, 3.8) is 0 Å². The van der Waals surface area contributed by atoms with E-state index >= 15 is 0 Å². The highest BCUT2D eigenvalue weighted by Gasteiger charge is 2.32. The second-order valence-electron chi connectivity index (χ2n) is 3.20. The fourth-order valence-corrected chi connectivity index (χ4v) is 0.620. The van der Waals surface area contributed by atoms with E-state index in [2.05, 4.69) is 5.32 Å². The maximum absolute atomic E-state index is 12.4. The normalized spacial score (nSPS) is 16.4. The minimum Gasteiger partial charge on any atom is -0.479 e. The van der Waals surface area contributed by atoms with E-state index in [1.54, 1.807) is 0 Å². The fourth-order valence-electron chi connectivity index (χ4n) is 0.620. The molecule has 5 nitrogen and oxygen atoms in total. The molecule has 0 aliphatic rings. The average molecular weight is 213 g/mol. The Bertz CT molecular complexity index is 208. The van der Waals surface area contributed by atoms with Crippen molar-refractivity contribution in [2.24, 2.45) is 0 Å². The Labute approximate surface area is 79.4 Å². The monoisotopic (exact) mass is 213 g/mol. The van der Waals surface area contributed by atoms with Crippen molar-refractivity contribution in [2.75, 3.05) is 19.7 Å². The Balaban J connectivity index is 3.91. The highest BCUT2D eigenvalue weighted by atomic mass is 19.3. The number of aliphatic carboxylic acids is 1. The molecule has 0 saturated heterocycles. The van der Waals surface area contributed by atoms with Crippen LogP contribution in [-0.4, -0.2) is 52.5 Å². The highest BCUT2D eigenvalue weighted by Crippen LogP contribution is 2.10. The second-order valence-corrected chi connectivity index (χ2v) is 3.20. The summed E-state index contributed by atoms with van der Waals surface area (Å²) in [4.78, 5) is 10.3. The summed E-state index contributed by atoms with van der Waals surface area (Å²) in [5, 5.41) is 27.7. The summed E-state index contributed by atoms with van der Waals surface area (Å²) in [5.74, 6) is -4.81. The Morgan fingerprint density at radius 3 is 2.29 bits per heavy atom. The first-order valence-corrected chi connectivity index (χ1v) is 3.86. The topological polar surface area (TPSA) is 89.8 Å². The number of aliphatic hydroxyl groups is 2. The maximum atomic E-state index is 12.4. The van der Waals surface area contributed by atoms with Crippen LogP contribution in [0.15, 0.2) is 0 Å².